The molecule has 112 valence electrons. The Kier molecular flexibility index (Phi) is 5.97. The van der Waals surface area contributed by atoms with Crippen LogP contribution in [-0.2, 0) is 14.8 Å². The molecule has 1 amide bonds. The molecule has 0 aliphatic rings. The fourth-order valence-corrected chi connectivity index (χ4v) is 3.09. The average molecular weight is 299 g/mol. The summed E-state index contributed by atoms with van der Waals surface area (Å²) in [6, 6.07) is 6.44. The van der Waals surface area contributed by atoms with Crippen molar-refractivity contribution in [3.05, 3.63) is 24.3 Å². The first-order valence-electron chi connectivity index (χ1n) is 6.42. The Morgan fingerprint density at radius 1 is 1.25 bits per heavy atom. The molecule has 0 bridgehead atoms. The molecule has 1 aromatic carbocycles. The van der Waals surface area contributed by atoms with E-state index in [-0.39, 0.29) is 23.3 Å². The van der Waals surface area contributed by atoms with Crippen molar-refractivity contribution < 1.29 is 13.2 Å². The Balaban J connectivity index is 2.86. The van der Waals surface area contributed by atoms with Gasteiger partial charge in [-0.1, -0.05) is 12.1 Å². The smallest absolute Gasteiger partial charge is 0.242 e. The molecule has 0 spiro atoms. The second-order valence-corrected chi connectivity index (χ2v) is 6.30. The molecule has 0 heterocycles. The third-order valence-corrected chi connectivity index (χ3v) is 4.23. The number of para-hydroxylation sites is 1. The van der Waals surface area contributed by atoms with Crippen molar-refractivity contribution in [3.63, 3.8) is 0 Å². The second kappa shape index (κ2) is 7.25. The first-order chi connectivity index (χ1) is 9.36. The predicted octanol–water partition coefficient (Wildman–Crippen LogP) is 0.921. The summed E-state index contributed by atoms with van der Waals surface area (Å²) in [5.41, 5.74) is 0.490. The summed E-state index contributed by atoms with van der Waals surface area (Å²) in [6.45, 7) is 3.90. The number of benzene rings is 1. The van der Waals surface area contributed by atoms with Gasteiger partial charge in [-0.25, -0.2) is 13.1 Å². The van der Waals surface area contributed by atoms with Gasteiger partial charge in [0.15, 0.2) is 0 Å². The van der Waals surface area contributed by atoms with Gasteiger partial charge in [0, 0.05) is 26.1 Å². The van der Waals surface area contributed by atoms with E-state index in [9.17, 15) is 13.2 Å². The van der Waals surface area contributed by atoms with Gasteiger partial charge in [0.2, 0.25) is 15.9 Å². The van der Waals surface area contributed by atoms with Crippen molar-refractivity contribution in [2.24, 2.45) is 0 Å². The number of anilines is 1. The largest absolute Gasteiger partial charge is 0.383 e. The standard InChI is InChI=1S/C13H21N3O3S/c1-10(2)16-20(18,19)12-7-5-4-6-11(12)15-9-8-13(17)14-3/h4-7,10,15-16H,8-9H2,1-3H3,(H,14,17). The minimum atomic E-state index is -3.56. The van der Waals surface area contributed by atoms with Crippen molar-refractivity contribution >= 4 is 21.6 Å². The van der Waals surface area contributed by atoms with Crippen LogP contribution in [0.25, 0.3) is 0 Å². The number of hydrogen-bond acceptors (Lipinski definition) is 4. The van der Waals surface area contributed by atoms with E-state index in [1.807, 2.05) is 0 Å². The highest BCUT2D eigenvalue weighted by molar-refractivity contribution is 7.89. The minimum absolute atomic E-state index is 0.0989. The van der Waals surface area contributed by atoms with Crippen molar-refractivity contribution in [2.75, 3.05) is 18.9 Å². The maximum atomic E-state index is 12.2. The van der Waals surface area contributed by atoms with E-state index in [4.69, 9.17) is 0 Å². The molecule has 0 aliphatic heterocycles. The maximum Gasteiger partial charge on any atom is 0.242 e. The normalized spacial score (nSPS) is 11.4. The molecule has 0 radical (unpaired) electrons. The highest BCUT2D eigenvalue weighted by atomic mass is 32.2. The van der Waals surface area contributed by atoms with Gasteiger partial charge >= 0.3 is 0 Å². The van der Waals surface area contributed by atoms with Gasteiger partial charge in [-0.3, -0.25) is 4.79 Å². The number of carbonyl (C=O) groups excluding carboxylic acids is 1. The van der Waals surface area contributed by atoms with Crippen LogP contribution in [0.15, 0.2) is 29.2 Å². The van der Waals surface area contributed by atoms with Gasteiger partial charge < -0.3 is 10.6 Å². The molecular formula is C13H21N3O3S. The van der Waals surface area contributed by atoms with Crippen molar-refractivity contribution in [1.82, 2.24) is 10.0 Å². The molecule has 1 aromatic rings. The third kappa shape index (κ3) is 4.82. The summed E-state index contributed by atoms with van der Waals surface area (Å²) in [4.78, 5) is 11.3. The van der Waals surface area contributed by atoms with E-state index in [1.165, 1.54) is 6.07 Å². The van der Waals surface area contributed by atoms with Crippen LogP contribution < -0.4 is 15.4 Å². The summed E-state index contributed by atoms with van der Waals surface area (Å²) < 4.78 is 26.9. The zero-order valence-corrected chi connectivity index (χ0v) is 12.8. The average Bonchev–Trinajstić information content (AvgIpc) is 2.37. The molecule has 0 atom stereocenters. The number of nitrogens with one attached hydrogen (secondary N) is 3. The lowest BCUT2D eigenvalue weighted by Crippen LogP contribution is -2.31. The van der Waals surface area contributed by atoms with Crippen LogP contribution in [-0.4, -0.2) is 34.0 Å². The van der Waals surface area contributed by atoms with Crippen molar-refractivity contribution in [2.45, 2.75) is 31.2 Å². The molecule has 0 saturated heterocycles. The SMILES string of the molecule is CNC(=O)CCNc1ccccc1S(=O)(=O)NC(C)C. The fourth-order valence-electron chi connectivity index (χ4n) is 1.66. The first-order valence-corrected chi connectivity index (χ1v) is 7.91. The number of rotatable bonds is 7. The first kappa shape index (κ1) is 16.5. The number of sulfonamides is 1. The van der Waals surface area contributed by atoms with Crippen LogP contribution in [0, 0.1) is 0 Å². The monoisotopic (exact) mass is 299 g/mol. The Morgan fingerprint density at radius 2 is 1.90 bits per heavy atom. The highest BCUT2D eigenvalue weighted by Gasteiger charge is 2.18. The van der Waals surface area contributed by atoms with E-state index >= 15 is 0 Å². The summed E-state index contributed by atoms with van der Waals surface area (Å²) >= 11 is 0. The van der Waals surface area contributed by atoms with Crippen molar-refractivity contribution in [3.8, 4) is 0 Å². The molecule has 3 N–H and O–H groups in total. The van der Waals surface area contributed by atoms with Crippen LogP contribution in [0.1, 0.15) is 20.3 Å². The summed E-state index contributed by atoms with van der Waals surface area (Å²) in [7, 11) is -2.00. The molecule has 0 saturated carbocycles. The Morgan fingerprint density at radius 3 is 2.50 bits per heavy atom. The lowest BCUT2D eigenvalue weighted by molar-refractivity contribution is -0.120. The fraction of sp³-hybridized carbons (Fsp3) is 0.462. The Hall–Kier alpha value is -1.60. The Bertz CT molecular complexity index is 556. The molecular weight excluding hydrogens is 278 g/mol. The number of amides is 1. The van der Waals surface area contributed by atoms with E-state index in [0.29, 0.717) is 12.2 Å². The molecule has 7 heteroatoms. The molecule has 0 fully saturated rings. The second-order valence-electron chi connectivity index (χ2n) is 4.62. The lowest BCUT2D eigenvalue weighted by Gasteiger charge is -2.14. The molecule has 6 nitrogen and oxygen atoms in total. The minimum Gasteiger partial charge on any atom is -0.383 e. The van der Waals surface area contributed by atoms with Gasteiger partial charge in [0.25, 0.3) is 0 Å². The van der Waals surface area contributed by atoms with Gasteiger partial charge in [-0.15, -0.1) is 0 Å². The quantitative estimate of drug-likeness (QED) is 0.699. The van der Waals surface area contributed by atoms with E-state index in [2.05, 4.69) is 15.4 Å². The van der Waals surface area contributed by atoms with Gasteiger partial charge in [0.05, 0.1) is 5.69 Å². The van der Waals surface area contributed by atoms with Crippen molar-refractivity contribution in [1.29, 1.82) is 0 Å². The number of hydrogen-bond donors (Lipinski definition) is 3. The van der Waals surface area contributed by atoms with Crippen LogP contribution in [0.4, 0.5) is 5.69 Å². The summed E-state index contributed by atoms with van der Waals surface area (Å²) in [5.74, 6) is -0.0989. The molecule has 0 aromatic heterocycles. The van der Waals surface area contributed by atoms with Gasteiger partial charge in [-0.2, -0.15) is 0 Å². The van der Waals surface area contributed by atoms with Gasteiger partial charge in [0.1, 0.15) is 4.90 Å². The van der Waals surface area contributed by atoms with Gasteiger partial charge in [-0.05, 0) is 26.0 Å². The zero-order valence-electron chi connectivity index (χ0n) is 11.9. The van der Waals surface area contributed by atoms with E-state index in [0.717, 1.165) is 0 Å². The number of carbonyl (C=O) groups is 1. The molecule has 0 aliphatic carbocycles. The topological polar surface area (TPSA) is 87.3 Å². The van der Waals surface area contributed by atoms with Crippen LogP contribution in [0.3, 0.4) is 0 Å². The van der Waals surface area contributed by atoms with Crippen LogP contribution in [0.2, 0.25) is 0 Å². The molecule has 1 rings (SSSR count). The van der Waals surface area contributed by atoms with E-state index < -0.39 is 10.0 Å². The molecule has 0 unspecified atom stereocenters. The lowest BCUT2D eigenvalue weighted by atomic mass is 10.3. The summed E-state index contributed by atoms with van der Waals surface area (Å²) in [5, 5.41) is 5.49. The maximum absolute atomic E-state index is 12.2. The van der Waals surface area contributed by atoms with Crippen LogP contribution >= 0.6 is 0 Å². The third-order valence-electron chi connectivity index (χ3n) is 2.51. The van der Waals surface area contributed by atoms with E-state index in [1.54, 1.807) is 39.1 Å². The Labute approximate surface area is 120 Å². The van der Waals surface area contributed by atoms with Crippen LogP contribution in [0.5, 0.6) is 0 Å². The summed E-state index contributed by atoms with van der Waals surface area (Å²) in [6.07, 6.45) is 0.280. The highest BCUT2D eigenvalue weighted by Crippen LogP contribution is 2.20. The zero-order chi connectivity index (χ0) is 15.2. The molecule has 20 heavy (non-hydrogen) atoms. The predicted molar refractivity (Wildman–Crippen MR) is 79.1 cm³/mol.